The molecule has 0 aliphatic rings. The van der Waals surface area contributed by atoms with E-state index < -0.39 is 0 Å². The van der Waals surface area contributed by atoms with Crippen molar-refractivity contribution in [3.8, 4) is 11.6 Å². The Morgan fingerprint density at radius 2 is 2.00 bits per heavy atom. The first kappa shape index (κ1) is 14.3. The summed E-state index contributed by atoms with van der Waals surface area (Å²) >= 11 is 1.52. The molecule has 0 atom stereocenters. The van der Waals surface area contributed by atoms with Gasteiger partial charge in [0.05, 0.1) is 16.4 Å². The number of ether oxygens (including phenoxy) is 1. The highest BCUT2D eigenvalue weighted by molar-refractivity contribution is 7.22. The number of nitrogens with two attached hydrogens (primary N) is 1. The summed E-state index contributed by atoms with van der Waals surface area (Å²) in [6.45, 7) is 0. The molecule has 8 heteroatoms. The highest BCUT2D eigenvalue weighted by Crippen LogP contribution is 2.33. The molecule has 3 heterocycles. The van der Waals surface area contributed by atoms with Gasteiger partial charge in [0, 0.05) is 6.20 Å². The molecule has 118 valence electrons. The molecule has 0 aliphatic heterocycles. The molecule has 1 aromatic carbocycles. The summed E-state index contributed by atoms with van der Waals surface area (Å²) in [4.78, 5) is 16.7. The molecule has 0 saturated heterocycles. The SMILES string of the molecule is Nc1c(Nc2nc3ccccc3s2)ncnc1Oc1cccnc1. The molecular weight excluding hydrogens is 324 g/mol. The van der Waals surface area contributed by atoms with Crippen molar-refractivity contribution in [2.24, 2.45) is 0 Å². The number of anilines is 3. The lowest BCUT2D eigenvalue weighted by molar-refractivity contribution is 0.462. The van der Waals surface area contributed by atoms with Crippen LogP contribution in [0.3, 0.4) is 0 Å². The molecule has 3 N–H and O–H groups in total. The number of nitrogens with one attached hydrogen (secondary N) is 1. The van der Waals surface area contributed by atoms with E-state index in [1.54, 1.807) is 24.5 Å². The minimum Gasteiger partial charge on any atom is -0.435 e. The molecule has 0 amide bonds. The van der Waals surface area contributed by atoms with E-state index in [0.29, 0.717) is 22.4 Å². The number of aromatic nitrogens is 4. The fraction of sp³-hybridized carbons (Fsp3) is 0. The van der Waals surface area contributed by atoms with E-state index in [4.69, 9.17) is 10.5 Å². The molecule has 0 saturated carbocycles. The van der Waals surface area contributed by atoms with Crippen molar-refractivity contribution in [3.63, 3.8) is 0 Å². The van der Waals surface area contributed by atoms with E-state index in [9.17, 15) is 0 Å². The number of benzene rings is 1. The number of nitrogen functional groups attached to an aromatic ring is 1. The van der Waals surface area contributed by atoms with Crippen LogP contribution in [0.5, 0.6) is 11.6 Å². The number of rotatable bonds is 4. The van der Waals surface area contributed by atoms with Gasteiger partial charge in [0.2, 0.25) is 5.88 Å². The third-order valence-corrected chi connectivity index (χ3v) is 4.17. The number of fused-ring (bicyclic) bond motifs is 1. The smallest absolute Gasteiger partial charge is 0.248 e. The third-order valence-electron chi connectivity index (χ3n) is 3.22. The number of thiazole rings is 1. The summed E-state index contributed by atoms with van der Waals surface area (Å²) in [6.07, 6.45) is 4.64. The molecule has 7 nitrogen and oxygen atoms in total. The van der Waals surface area contributed by atoms with Crippen LogP contribution in [0.4, 0.5) is 16.6 Å². The van der Waals surface area contributed by atoms with E-state index in [2.05, 4.69) is 25.3 Å². The van der Waals surface area contributed by atoms with Gasteiger partial charge in [0.1, 0.15) is 17.8 Å². The molecule has 0 aliphatic carbocycles. The molecule has 0 unspecified atom stereocenters. The van der Waals surface area contributed by atoms with Gasteiger partial charge in [-0.2, -0.15) is 4.98 Å². The van der Waals surface area contributed by atoms with Gasteiger partial charge in [-0.3, -0.25) is 4.98 Å². The monoisotopic (exact) mass is 336 g/mol. The highest BCUT2D eigenvalue weighted by Gasteiger charge is 2.12. The zero-order valence-electron chi connectivity index (χ0n) is 12.4. The van der Waals surface area contributed by atoms with Crippen molar-refractivity contribution in [1.82, 2.24) is 19.9 Å². The van der Waals surface area contributed by atoms with Gasteiger partial charge in [0.25, 0.3) is 0 Å². The minimum absolute atomic E-state index is 0.265. The molecule has 0 radical (unpaired) electrons. The average Bonchev–Trinajstić information content (AvgIpc) is 3.02. The van der Waals surface area contributed by atoms with Gasteiger partial charge in [-0.25, -0.2) is 9.97 Å². The second kappa shape index (κ2) is 6.09. The third kappa shape index (κ3) is 2.82. The Morgan fingerprint density at radius 3 is 2.83 bits per heavy atom. The van der Waals surface area contributed by atoms with Crippen LogP contribution in [0.15, 0.2) is 55.1 Å². The zero-order valence-corrected chi connectivity index (χ0v) is 13.2. The zero-order chi connectivity index (χ0) is 16.4. The van der Waals surface area contributed by atoms with Gasteiger partial charge >= 0.3 is 0 Å². The van der Waals surface area contributed by atoms with Crippen LogP contribution < -0.4 is 15.8 Å². The molecule has 0 bridgehead atoms. The summed E-state index contributed by atoms with van der Waals surface area (Å²) < 4.78 is 6.73. The average molecular weight is 336 g/mol. The van der Waals surface area contributed by atoms with Crippen molar-refractivity contribution in [2.45, 2.75) is 0 Å². The molecule has 4 rings (SSSR count). The van der Waals surface area contributed by atoms with Crippen molar-refractivity contribution >= 4 is 38.2 Å². The maximum Gasteiger partial charge on any atom is 0.248 e. The van der Waals surface area contributed by atoms with Crippen LogP contribution in [0.25, 0.3) is 10.2 Å². The molecule has 3 aromatic heterocycles. The quantitative estimate of drug-likeness (QED) is 0.587. The maximum absolute atomic E-state index is 6.12. The van der Waals surface area contributed by atoms with Gasteiger partial charge in [-0.05, 0) is 24.3 Å². The minimum atomic E-state index is 0.265. The Labute approximate surface area is 141 Å². The Morgan fingerprint density at radius 1 is 1.08 bits per heavy atom. The topological polar surface area (TPSA) is 98.8 Å². The summed E-state index contributed by atoms with van der Waals surface area (Å²) in [6, 6.07) is 11.4. The lowest BCUT2D eigenvalue weighted by Gasteiger charge is -2.09. The molecule has 0 spiro atoms. The lowest BCUT2D eigenvalue weighted by Crippen LogP contribution is -2.03. The highest BCUT2D eigenvalue weighted by atomic mass is 32.1. The molecular formula is C16H12N6OS. The van der Waals surface area contributed by atoms with E-state index in [1.165, 1.54) is 17.7 Å². The fourth-order valence-corrected chi connectivity index (χ4v) is 2.97. The Hall–Kier alpha value is -3.26. The predicted molar refractivity (Wildman–Crippen MR) is 93.7 cm³/mol. The largest absolute Gasteiger partial charge is 0.435 e. The Kier molecular flexibility index (Phi) is 3.64. The summed E-state index contributed by atoms with van der Waals surface area (Å²) in [5.41, 5.74) is 7.34. The first-order chi connectivity index (χ1) is 11.8. The van der Waals surface area contributed by atoms with Crippen LogP contribution in [-0.2, 0) is 0 Å². The summed E-state index contributed by atoms with van der Waals surface area (Å²) in [5, 5.41) is 3.83. The first-order valence-corrected chi connectivity index (χ1v) is 7.92. The van der Waals surface area contributed by atoms with Gasteiger partial charge in [-0.1, -0.05) is 23.5 Å². The molecule has 4 aromatic rings. The molecule has 24 heavy (non-hydrogen) atoms. The Balaban J connectivity index is 1.62. The van der Waals surface area contributed by atoms with Crippen LogP contribution in [0.2, 0.25) is 0 Å². The van der Waals surface area contributed by atoms with Crippen molar-refractivity contribution in [3.05, 3.63) is 55.1 Å². The van der Waals surface area contributed by atoms with Crippen molar-refractivity contribution in [1.29, 1.82) is 0 Å². The summed E-state index contributed by atoms with van der Waals surface area (Å²) in [7, 11) is 0. The molecule has 0 fully saturated rings. The van der Waals surface area contributed by atoms with E-state index in [-0.39, 0.29) is 5.88 Å². The number of nitrogens with zero attached hydrogens (tertiary/aromatic N) is 4. The van der Waals surface area contributed by atoms with Gasteiger partial charge in [0.15, 0.2) is 10.9 Å². The van der Waals surface area contributed by atoms with E-state index >= 15 is 0 Å². The summed E-state index contributed by atoms with van der Waals surface area (Å²) in [5.74, 6) is 1.26. The van der Waals surface area contributed by atoms with E-state index in [0.717, 1.165) is 10.2 Å². The van der Waals surface area contributed by atoms with Crippen LogP contribution >= 0.6 is 11.3 Å². The van der Waals surface area contributed by atoms with Crippen LogP contribution in [-0.4, -0.2) is 19.9 Å². The van der Waals surface area contributed by atoms with Crippen molar-refractivity contribution < 1.29 is 4.74 Å². The van der Waals surface area contributed by atoms with E-state index in [1.807, 2.05) is 24.3 Å². The Bertz CT molecular complexity index is 955. The van der Waals surface area contributed by atoms with Gasteiger partial charge in [-0.15, -0.1) is 0 Å². The number of hydrogen-bond donors (Lipinski definition) is 2. The number of hydrogen-bond acceptors (Lipinski definition) is 8. The predicted octanol–water partition coefficient (Wildman–Crippen LogP) is 3.60. The maximum atomic E-state index is 6.12. The normalized spacial score (nSPS) is 10.7. The lowest BCUT2D eigenvalue weighted by atomic mass is 10.3. The van der Waals surface area contributed by atoms with Crippen LogP contribution in [0, 0.1) is 0 Å². The standard InChI is InChI=1S/C16H12N6OS/c17-13-14(22-16-21-11-5-1-2-6-12(11)24-16)19-9-20-15(13)23-10-4-3-7-18-8-10/h1-9H,17H2,(H,19,20,21,22). The second-order valence-corrected chi connectivity index (χ2v) is 5.87. The number of pyridine rings is 1. The second-order valence-electron chi connectivity index (χ2n) is 4.84. The number of para-hydroxylation sites is 1. The fourth-order valence-electron chi connectivity index (χ4n) is 2.11. The van der Waals surface area contributed by atoms with Crippen molar-refractivity contribution in [2.75, 3.05) is 11.1 Å². The van der Waals surface area contributed by atoms with Gasteiger partial charge < -0.3 is 15.8 Å². The first-order valence-electron chi connectivity index (χ1n) is 7.10. The van der Waals surface area contributed by atoms with Crippen LogP contribution in [0.1, 0.15) is 0 Å².